The van der Waals surface area contributed by atoms with Gasteiger partial charge in [0, 0.05) is 42.5 Å². The number of hydrogen-bond acceptors (Lipinski definition) is 4. The summed E-state index contributed by atoms with van der Waals surface area (Å²) in [6, 6.07) is 6.13. The number of amides is 3. The van der Waals surface area contributed by atoms with Gasteiger partial charge in [-0.05, 0) is 37.1 Å². The Bertz CT molecular complexity index is 827. The van der Waals surface area contributed by atoms with Gasteiger partial charge in [-0.1, -0.05) is 19.3 Å². The SMILES string of the molecule is CC(=O)Nc1ccc(NC(=O)[C@@H](Cc2cnc[nH]2)NC(=O)C2CCCCC2)cc1. The molecular formula is C21H27N5O3. The zero-order chi connectivity index (χ0) is 20.6. The Labute approximate surface area is 169 Å². The van der Waals surface area contributed by atoms with E-state index < -0.39 is 6.04 Å². The molecule has 1 aromatic carbocycles. The first-order chi connectivity index (χ1) is 14.0. The van der Waals surface area contributed by atoms with Gasteiger partial charge in [-0.25, -0.2) is 4.98 Å². The van der Waals surface area contributed by atoms with Crippen LogP contribution >= 0.6 is 0 Å². The van der Waals surface area contributed by atoms with Gasteiger partial charge in [0.2, 0.25) is 17.7 Å². The molecule has 3 amide bonds. The van der Waals surface area contributed by atoms with Crippen LogP contribution in [-0.4, -0.2) is 33.7 Å². The van der Waals surface area contributed by atoms with E-state index in [9.17, 15) is 14.4 Å². The summed E-state index contributed by atoms with van der Waals surface area (Å²) in [6.07, 6.45) is 8.53. The van der Waals surface area contributed by atoms with Crippen LogP contribution in [0.4, 0.5) is 11.4 Å². The van der Waals surface area contributed by atoms with Crippen LogP contribution in [0.15, 0.2) is 36.8 Å². The average molecular weight is 397 g/mol. The summed E-state index contributed by atoms with van der Waals surface area (Å²) in [4.78, 5) is 43.7. The summed E-state index contributed by atoms with van der Waals surface area (Å²) in [5.41, 5.74) is 2.01. The molecule has 154 valence electrons. The number of hydrogen-bond donors (Lipinski definition) is 4. The van der Waals surface area contributed by atoms with Gasteiger partial charge in [0.05, 0.1) is 6.33 Å². The van der Waals surface area contributed by atoms with Crippen molar-refractivity contribution in [3.05, 3.63) is 42.5 Å². The van der Waals surface area contributed by atoms with Gasteiger partial charge in [-0.3, -0.25) is 14.4 Å². The molecule has 1 atom stereocenters. The Morgan fingerprint density at radius 2 is 1.72 bits per heavy atom. The van der Waals surface area contributed by atoms with Crippen LogP contribution in [0.2, 0.25) is 0 Å². The predicted molar refractivity (Wildman–Crippen MR) is 110 cm³/mol. The molecule has 29 heavy (non-hydrogen) atoms. The molecule has 2 aromatic rings. The topological polar surface area (TPSA) is 116 Å². The molecule has 0 bridgehead atoms. The third kappa shape index (κ3) is 6.17. The third-order valence-corrected chi connectivity index (χ3v) is 5.06. The van der Waals surface area contributed by atoms with Crippen molar-refractivity contribution >= 4 is 29.1 Å². The fourth-order valence-electron chi connectivity index (χ4n) is 3.55. The predicted octanol–water partition coefficient (Wildman–Crippen LogP) is 2.61. The van der Waals surface area contributed by atoms with Crippen LogP contribution in [0.1, 0.15) is 44.7 Å². The van der Waals surface area contributed by atoms with Crippen molar-refractivity contribution in [2.24, 2.45) is 5.92 Å². The second-order valence-electron chi connectivity index (χ2n) is 7.42. The number of aromatic amines is 1. The number of aromatic nitrogens is 2. The van der Waals surface area contributed by atoms with Gasteiger partial charge in [0.1, 0.15) is 6.04 Å². The number of nitrogens with one attached hydrogen (secondary N) is 4. The number of nitrogens with zero attached hydrogens (tertiary/aromatic N) is 1. The number of imidazole rings is 1. The molecule has 1 fully saturated rings. The fraction of sp³-hybridized carbons (Fsp3) is 0.429. The second kappa shape index (κ2) is 9.86. The summed E-state index contributed by atoms with van der Waals surface area (Å²) in [6.45, 7) is 1.44. The maximum Gasteiger partial charge on any atom is 0.247 e. The molecular weight excluding hydrogens is 370 g/mol. The van der Waals surface area contributed by atoms with E-state index >= 15 is 0 Å². The van der Waals surface area contributed by atoms with Crippen molar-refractivity contribution in [2.45, 2.75) is 51.5 Å². The van der Waals surface area contributed by atoms with Crippen LogP contribution in [0, 0.1) is 5.92 Å². The van der Waals surface area contributed by atoms with Crippen molar-refractivity contribution in [1.82, 2.24) is 15.3 Å². The van der Waals surface area contributed by atoms with Gasteiger partial charge in [0.25, 0.3) is 0 Å². The van der Waals surface area contributed by atoms with Crippen molar-refractivity contribution in [2.75, 3.05) is 10.6 Å². The van der Waals surface area contributed by atoms with E-state index in [2.05, 4.69) is 25.9 Å². The first-order valence-corrected chi connectivity index (χ1v) is 9.97. The zero-order valence-corrected chi connectivity index (χ0v) is 16.5. The van der Waals surface area contributed by atoms with Crippen LogP contribution in [0.25, 0.3) is 0 Å². The Hall–Kier alpha value is -3.16. The molecule has 0 aliphatic heterocycles. The molecule has 1 aromatic heterocycles. The molecule has 0 spiro atoms. The maximum atomic E-state index is 12.9. The molecule has 3 rings (SSSR count). The lowest BCUT2D eigenvalue weighted by atomic mass is 9.88. The molecule has 0 saturated heterocycles. The van der Waals surface area contributed by atoms with E-state index in [0.717, 1.165) is 37.8 Å². The summed E-state index contributed by atoms with van der Waals surface area (Å²) in [7, 11) is 0. The molecule has 8 heteroatoms. The lowest BCUT2D eigenvalue weighted by Gasteiger charge is -2.24. The first-order valence-electron chi connectivity index (χ1n) is 9.97. The summed E-state index contributed by atoms with van der Waals surface area (Å²) in [5, 5.41) is 8.45. The van der Waals surface area contributed by atoms with Crippen LogP contribution < -0.4 is 16.0 Å². The number of carbonyl (C=O) groups is 3. The van der Waals surface area contributed by atoms with Crippen LogP contribution in [0.3, 0.4) is 0 Å². The summed E-state index contributed by atoms with van der Waals surface area (Å²) >= 11 is 0. The number of H-pyrrole nitrogens is 1. The smallest absolute Gasteiger partial charge is 0.247 e. The highest BCUT2D eigenvalue weighted by molar-refractivity contribution is 5.98. The Balaban J connectivity index is 1.66. The van der Waals surface area contributed by atoms with Gasteiger partial charge in [-0.15, -0.1) is 0 Å². The average Bonchev–Trinajstić information content (AvgIpc) is 3.22. The third-order valence-electron chi connectivity index (χ3n) is 5.06. The molecule has 0 unspecified atom stereocenters. The Kier molecular flexibility index (Phi) is 6.99. The number of rotatable bonds is 7. The first kappa shape index (κ1) is 20.6. The van der Waals surface area contributed by atoms with Crippen molar-refractivity contribution in [3.63, 3.8) is 0 Å². The van der Waals surface area contributed by atoms with E-state index in [4.69, 9.17) is 0 Å². The van der Waals surface area contributed by atoms with E-state index in [1.165, 1.54) is 6.92 Å². The monoisotopic (exact) mass is 397 g/mol. The molecule has 1 aliphatic carbocycles. The van der Waals surface area contributed by atoms with Crippen LogP contribution in [0.5, 0.6) is 0 Å². The standard InChI is InChI=1S/C21H27N5O3/c1-14(27)24-16-7-9-17(10-8-16)25-21(29)19(11-18-12-22-13-23-18)26-20(28)15-5-3-2-4-6-15/h7-10,12-13,15,19H,2-6,11H2,1H3,(H,22,23)(H,24,27)(H,25,29)(H,26,28)/t19-/m1/s1. The highest BCUT2D eigenvalue weighted by atomic mass is 16.2. The van der Waals surface area contributed by atoms with Gasteiger partial charge in [-0.2, -0.15) is 0 Å². The van der Waals surface area contributed by atoms with E-state index in [1.54, 1.807) is 36.8 Å². The van der Waals surface area contributed by atoms with Gasteiger partial charge >= 0.3 is 0 Å². The quantitative estimate of drug-likeness (QED) is 0.575. The minimum atomic E-state index is -0.708. The van der Waals surface area contributed by atoms with E-state index in [-0.39, 0.29) is 23.6 Å². The van der Waals surface area contributed by atoms with E-state index in [1.807, 2.05) is 0 Å². The number of benzene rings is 1. The molecule has 4 N–H and O–H groups in total. The lowest BCUT2D eigenvalue weighted by molar-refractivity contribution is -0.130. The maximum absolute atomic E-state index is 12.9. The van der Waals surface area contributed by atoms with Crippen molar-refractivity contribution < 1.29 is 14.4 Å². The second-order valence-corrected chi connectivity index (χ2v) is 7.42. The molecule has 0 radical (unpaired) electrons. The molecule has 1 saturated carbocycles. The summed E-state index contributed by atoms with van der Waals surface area (Å²) < 4.78 is 0. The normalized spacial score (nSPS) is 15.3. The molecule has 8 nitrogen and oxygen atoms in total. The van der Waals surface area contributed by atoms with E-state index in [0.29, 0.717) is 17.8 Å². The Morgan fingerprint density at radius 3 is 2.31 bits per heavy atom. The van der Waals surface area contributed by atoms with Crippen molar-refractivity contribution in [1.29, 1.82) is 0 Å². The highest BCUT2D eigenvalue weighted by Crippen LogP contribution is 2.24. The lowest BCUT2D eigenvalue weighted by Crippen LogP contribution is -2.47. The zero-order valence-electron chi connectivity index (χ0n) is 16.5. The fourth-order valence-corrected chi connectivity index (χ4v) is 3.55. The van der Waals surface area contributed by atoms with Gasteiger partial charge < -0.3 is 20.9 Å². The summed E-state index contributed by atoms with van der Waals surface area (Å²) in [5.74, 6) is -0.550. The van der Waals surface area contributed by atoms with Crippen molar-refractivity contribution in [3.8, 4) is 0 Å². The minimum Gasteiger partial charge on any atom is -0.348 e. The number of anilines is 2. The highest BCUT2D eigenvalue weighted by Gasteiger charge is 2.27. The largest absolute Gasteiger partial charge is 0.348 e. The molecule has 1 heterocycles. The number of carbonyl (C=O) groups excluding carboxylic acids is 3. The Morgan fingerprint density at radius 1 is 1.07 bits per heavy atom. The minimum absolute atomic E-state index is 0.0299. The van der Waals surface area contributed by atoms with Crippen LogP contribution in [-0.2, 0) is 20.8 Å². The van der Waals surface area contributed by atoms with Gasteiger partial charge in [0.15, 0.2) is 0 Å². The molecule has 1 aliphatic rings.